The minimum atomic E-state index is -0.326. The fourth-order valence-corrected chi connectivity index (χ4v) is 11.6. The highest BCUT2D eigenvalue weighted by Crippen LogP contribution is 2.67. The molecule has 8 atom stereocenters. The molecule has 8 unspecified atom stereocenters. The van der Waals surface area contributed by atoms with Gasteiger partial charge in [-0.05, 0) is 135 Å². The van der Waals surface area contributed by atoms with Crippen molar-refractivity contribution in [2.75, 3.05) is 6.61 Å². The maximum Gasteiger partial charge on any atom is 0.344 e. The van der Waals surface area contributed by atoms with Gasteiger partial charge >= 0.3 is 11.6 Å². The number of rotatable bonds is 9. The summed E-state index contributed by atoms with van der Waals surface area (Å²) in [4.78, 5) is 25.5. The molecule has 0 amide bonds. The fourth-order valence-electron chi connectivity index (χ4n) is 11.6. The van der Waals surface area contributed by atoms with Crippen molar-refractivity contribution in [2.45, 2.75) is 137 Å². The zero-order valence-electron chi connectivity index (χ0n) is 29.7. The van der Waals surface area contributed by atoms with Crippen molar-refractivity contribution in [2.24, 2.45) is 46.3 Å². The van der Waals surface area contributed by atoms with Crippen molar-refractivity contribution in [1.29, 1.82) is 0 Å². The number of carbonyl (C=O) groups excluding carboxylic acids is 1. The summed E-state index contributed by atoms with van der Waals surface area (Å²) in [6.45, 7) is 12.3. The van der Waals surface area contributed by atoms with Crippen LogP contribution in [0.3, 0.4) is 0 Å². The monoisotopic (exact) mass is 642 g/mol. The first-order valence-corrected chi connectivity index (χ1v) is 19.2. The summed E-state index contributed by atoms with van der Waals surface area (Å²) < 4.78 is 17.5. The van der Waals surface area contributed by atoms with Gasteiger partial charge < -0.3 is 13.9 Å². The lowest BCUT2D eigenvalue weighted by Crippen LogP contribution is -2.51. The van der Waals surface area contributed by atoms with Crippen LogP contribution < -0.4 is 10.4 Å². The van der Waals surface area contributed by atoms with Gasteiger partial charge in [0.15, 0.2) is 6.61 Å². The molecule has 5 aliphatic carbocycles. The maximum atomic E-state index is 13.0. The highest BCUT2D eigenvalue weighted by atomic mass is 16.6. The maximum absolute atomic E-state index is 13.0. The molecule has 0 bridgehead atoms. The van der Waals surface area contributed by atoms with Crippen LogP contribution in [0.1, 0.15) is 129 Å². The van der Waals surface area contributed by atoms with Crippen molar-refractivity contribution in [3.05, 3.63) is 51.4 Å². The Balaban J connectivity index is 0.953. The van der Waals surface area contributed by atoms with Crippen LogP contribution in [-0.2, 0) is 22.4 Å². The Bertz CT molecular complexity index is 1570. The van der Waals surface area contributed by atoms with Crippen LogP contribution in [0.4, 0.5) is 0 Å². The Kier molecular flexibility index (Phi) is 9.15. The minimum Gasteiger partial charge on any atom is -0.482 e. The molecule has 5 aliphatic rings. The lowest BCUT2D eigenvalue weighted by atomic mass is 9.47. The first-order valence-electron chi connectivity index (χ1n) is 19.2. The highest BCUT2D eigenvalue weighted by molar-refractivity contribution is 5.83. The van der Waals surface area contributed by atoms with Gasteiger partial charge in [-0.3, -0.25) is 0 Å². The number of aryl methyl sites for hydroxylation is 1. The van der Waals surface area contributed by atoms with E-state index in [-0.39, 0.29) is 29.7 Å². The van der Waals surface area contributed by atoms with Crippen LogP contribution in [0.2, 0.25) is 0 Å². The zero-order valence-corrected chi connectivity index (χ0v) is 29.7. The third kappa shape index (κ3) is 6.12. The van der Waals surface area contributed by atoms with E-state index in [4.69, 9.17) is 13.9 Å². The number of esters is 1. The summed E-state index contributed by atoms with van der Waals surface area (Å²) >= 11 is 0. The number of ether oxygens (including phenoxy) is 2. The second-order valence-corrected chi connectivity index (χ2v) is 17.1. The third-order valence-electron chi connectivity index (χ3n) is 14.1. The van der Waals surface area contributed by atoms with Crippen LogP contribution in [0.25, 0.3) is 11.0 Å². The lowest BCUT2D eigenvalue weighted by molar-refractivity contribution is -0.153. The van der Waals surface area contributed by atoms with E-state index in [1.54, 1.807) is 6.07 Å². The molecule has 5 nitrogen and oxygen atoms in total. The number of benzene rings is 1. The molecule has 3 saturated carbocycles. The number of fused-ring (bicyclic) bond motifs is 8. The van der Waals surface area contributed by atoms with Crippen molar-refractivity contribution in [3.63, 3.8) is 0 Å². The van der Waals surface area contributed by atoms with Crippen molar-refractivity contribution < 1.29 is 18.7 Å². The first kappa shape index (κ1) is 33.0. The summed E-state index contributed by atoms with van der Waals surface area (Å²) in [7, 11) is 0. The first-order chi connectivity index (χ1) is 22.6. The molecular weight excluding hydrogens is 584 g/mol. The fraction of sp³-hybridized carbons (Fsp3) is 0.714. The van der Waals surface area contributed by atoms with Gasteiger partial charge in [-0.15, -0.1) is 0 Å². The molecular formula is C42H58O5. The Morgan fingerprint density at radius 1 is 0.979 bits per heavy atom. The summed E-state index contributed by atoms with van der Waals surface area (Å²) in [5, 5.41) is 0.976. The molecule has 0 saturated heterocycles. The molecule has 0 radical (unpaired) electrons. The third-order valence-corrected chi connectivity index (χ3v) is 14.1. The van der Waals surface area contributed by atoms with E-state index in [1.807, 2.05) is 12.1 Å². The van der Waals surface area contributed by atoms with E-state index in [9.17, 15) is 9.59 Å². The summed E-state index contributed by atoms with van der Waals surface area (Å²) in [5.41, 5.74) is 4.49. The molecule has 1 aromatic heterocycles. The number of allylic oxidation sites excluding steroid dienone is 1. The van der Waals surface area contributed by atoms with Gasteiger partial charge in [0.1, 0.15) is 17.4 Å². The van der Waals surface area contributed by atoms with Crippen LogP contribution in [0.5, 0.6) is 5.75 Å². The molecule has 2 aromatic rings. The normalized spacial score (nSPS) is 33.7. The SMILES string of the molecule is CC(C)CCCC(C)C1CCC2C3CC=C4CC(OC(=O)COc5ccc6c7c(c(=O)oc6c5)CCCC7)CCC4(C)C3CCC12C. The van der Waals surface area contributed by atoms with E-state index in [0.29, 0.717) is 16.7 Å². The Morgan fingerprint density at radius 2 is 1.79 bits per heavy atom. The standard InChI is InChI=1S/C42H58O5/c1-26(2)9-8-10-27(3)35-17-18-36-34-15-13-28-23-30(19-21-41(28,4)37(34)20-22-42(35,36)5)46-39(43)25-45-29-14-16-32-31-11-6-7-12-33(31)40(44)47-38(32)24-29/h13-14,16,24,26-27,30,34-37H,6-12,15,17-23,25H2,1-5H3. The van der Waals surface area contributed by atoms with E-state index in [0.717, 1.165) is 97.0 Å². The quantitative estimate of drug-likeness (QED) is 0.155. The molecule has 0 aliphatic heterocycles. The topological polar surface area (TPSA) is 65.7 Å². The Labute approximate surface area is 282 Å². The molecule has 256 valence electrons. The van der Waals surface area contributed by atoms with Gasteiger partial charge in [-0.2, -0.15) is 0 Å². The van der Waals surface area contributed by atoms with Gasteiger partial charge in [-0.1, -0.05) is 65.5 Å². The largest absolute Gasteiger partial charge is 0.482 e. The number of hydrogen-bond donors (Lipinski definition) is 0. The molecule has 1 aromatic carbocycles. The van der Waals surface area contributed by atoms with Gasteiger partial charge in [-0.25, -0.2) is 9.59 Å². The van der Waals surface area contributed by atoms with Crippen LogP contribution in [-0.4, -0.2) is 18.7 Å². The van der Waals surface area contributed by atoms with Gasteiger partial charge in [0.05, 0.1) is 0 Å². The lowest BCUT2D eigenvalue weighted by Gasteiger charge is -2.58. The average molecular weight is 643 g/mol. The summed E-state index contributed by atoms with van der Waals surface area (Å²) in [6.07, 6.45) is 20.1. The molecule has 3 fully saturated rings. The van der Waals surface area contributed by atoms with Gasteiger partial charge in [0, 0.05) is 23.4 Å². The van der Waals surface area contributed by atoms with Crippen molar-refractivity contribution in [1.82, 2.24) is 0 Å². The van der Waals surface area contributed by atoms with Crippen LogP contribution in [0, 0.1) is 46.3 Å². The van der Waals surface area contributed by atoms with E-state index in [1.165, 1.54) is 56.9 Å². The molecule has 1 heterocycles. The second kappa shape index (κ2) is 13.0. The predicted molar refractivity (Wildman–Crippen MR) is 188 cm³/mol. The van der Waals surface area contributed by atoms with E-state index < -0.39 is 0 Å². The summed E-state index contributed by atoms with van der Waals surface area (Å²) in [5.74, 6) is 5.15. The zero-order chi connectivity index (χ0) is 32.9. The van der Waals surface area contributed by atoms with E-state index in [2.05, 4.69) is 40.7 Å². The smallest absolute Gasteiger partial charge is 0.344 e. The van der Waals surface area contributed by atoms with Crippen LogP contribution >= 0.6 is 0 Å². The average Bonchev–Trinajstić information content (AvgIpc) is 3.41. The molecule has 47 heavy (non-hydrogen) atoms. The highest BCUT2D eigenvalue weighted by Gasteiger charge is 2.59. The number of hydrogen-bond acceptors (Lipinski definition) is 5. The summed E-state index contributed by atoms with van der Waals surface area (Å²) in [6, 6.07) is 5.57. The van der Waals surface area contributed by atoms with Gasteiger partial charge in [0.2, 0.25) is 0 Å². The molecule has 0 N–H and O–H groups in total. The minimum absolute atomic E-state index is 0.0838. The van der Waals surface area contributed by atoms with Crippen molar-refractivity contribution in [3.8, 4) is 5.75 Å². The second-order valence-electron chi connectivity index (χ2n) is 17.1. The van der Waals surface area contributed by atoms with Crippen LogP contribution in [0.15, 0.2) is 39.1 Å². The number of carbonyl (C=O) groups is 1. The Hall–Kier alpha value is -2.56. The Morgan fingerprint density at radius 3 is 2.60 bits per heavy atom. The molecule has 5 heteroatoms. The molecule has 7 rings (SSSR count). The molecule has 0 spiro atoms. The van der Waals surface area contributed by atoms with E-state index >= 15 is 0 Å². The predicted octanol–water partition coefficient (Wildman–Crippen LogP) is 10.0. The van der Waals surface area contributed by atoms with Crippen molar-refractivity contribution >= 4 is 16.9 Å². The van der Waals surface area contributed by atoms with Gasteiger partial charge in [0.25, 0.3) is 0 Å².